The van der Waals surface area contributed by atoms with E-state index in [1.165, 1.54) is 12.3 Å². The lowest BCUT2D eigenvalue weighted by Crippen LogP contribution is -2.42. The zero-order chi connectivity index (χ0) is 26.5. The lowest BCUT2D eigenvalue weighted by molar-refractivity contribution is -0.124. The highest BCUT2D eigenvalue weighted by molar-refractivity contribution is 8.18. The Kier molecular flexibility index (Phi) is 10.3. The van der Waals surface area contributed by atoms with Gasteiger partial charge in [0.2, 0.25) is 5.95 Å². The normalized spacial score (nSPS) is 22.6. The topological polar surface area (TPSA) is 212 Å². The van der Waals surface area contributed by atoms with Gasteiger partial charge in [-0.1, -0.05) is 5.41 Å². The Morgan fingerprint density at radius 3 is 2.44 bits per heavy atom. The molecule has 2 aliphatic rings. The molecule has 5 N–H and O–H groups in total. The van der Waals surface area contributed by atoms with Crippen LogP contribution in [0.3, 0.4) is 0 Å². The minimum atomic E-state index is -4.85. The number of thioether (sulfide) groups is 1. The number of phosphoric acid groups is 2. The summed E-state index contributed by atoms with van der Waals surface area (Å²) in [6.07, 6.45) is 5.91. The summed E-state index contributed by atoms with van der Waals surface area (Å²) in [5.41, 5.74) is 0.353. The molecule has 3 rings (SSSR count). The smallest absolute Gasteiger partial charge is 0.351 e. The van der Waals surface area contributed by atoms with E-state index in [0.717, 1.165) is 25.7 Å². The Balaban J connectivity index is 1.56. The Bertz CT molecular complexity index is 1090. The van der Waals surface area contributed by atoms with Crippen LogP contribution in [0, 0.1) is 0 Å². The molecule has 0 spiro atoms. The number of nitrogens with one attached hydrogen (secondary N) is 1. The van der Waals surface area contributed by atoms with Crippen molar-refractivity contribution in [1.29, 1.82) is 0 Å². The molecule has 36 heavy (non-hydrogen) atoms. The number of hydrogen-bond donors (Lipinski definition) is 5. The number of nitrogens with zero attached hydrogens (tertiary/aromatic N) is 4. The van der Waals surface area contributed by atoms with Crippen LogP contribution in [0.15, 0.2) is 17.2 Å². The minimum Gasteiger partial charge on any atom is -0.351 e. The third-order valence-electron chi connectivity index (χ3n) is 5.36. The SMILES string of the molecule is O=C1S/C(=C\c2ccnc(NC3CCC(N([CH2][Al])COP(=O)(O)O)CC3)n2)C(=O)N1COP(=O)(O)O. The maximum atomic E-state index is 12.4. The van der Waals surface area contributed by atoms with Crippen molar-refractivity contribution in [3.63, 3.8) is 0 Å². The maximum Gasteiger partial charge on any atom is 0.471 e. The summed E-state index contributed by atoms with van der Waals surface area (Å²) in [7, 11) is -9.39. The molecule has 19 heteroatoms. The molecule has 196 valence electrons. The molecule has 1 aliphatic carbocycles. The average molecular weight is 579 g/mol. The van der Waals surface area contributed by atoms with Gasteiger partial charge in [0.05, 0.1) is 10.6 Å². The van der Waals surface area contributed by atoms with Crippen LogP contribution in [0.4, 0.5) is 10.7 Å². The van der Waals surface area contributed by atoms with Crippen LogP contribution in [0.5, 0.6) is 0 Å². The molecule has 0 bridgehead atoms. The van der Waals surface area contributed by atoms with Gasteiger partial charge in [-0.25, -0.2) is 24.0 Å². The zero-order valence-corrected chi connectivity index (χ0v) is 22.5. The number of phosphoric ester groups is 2. The molecular weight excluding hydrogens is 555 g/mol. The van der Waals surface area contributed by atoms with Crippen molar-refractivity contribution < 1.29 is 47.3 Å². The fourth-order valence-corrected chi connectivity index (χ4v) is 5.40. The van der Waals surface area contributed by atoms with Gasteiger partial charge in [0.25, 0.3) is 11.1 Å². The van der Waals surface area contributed by atoms with E-state index < -0.39 is 33.5 Å². The fraction of sp³-hybridized carbons (Fsp3) is 0.529. The molecule has 15 nitrogen and oxygen atoms in total. The van der Waals surface area contributed by atoms with Gasteiger partial charge in [-0.05, 0) is 49.6 Å². The van der Waals surface area contributed by atoms with Crippen molar-refractivity contribution in [3.05, 3.63) is 22.9 Å². The number of anilines is 1. The van der Waals surface area contributed by atoms with Gasteiger partial charge in [0.15, 0.2) is 0 Å². The van der Waals surface area contributed by atoms with Crippen molar-refractivity contribution in [3.8, 4) is 0 Å². The lowest BCUT2D eigenvalue weighted by Gasteiger charge is -2.36. The second-order valence-electron chi connectivity index (χ2n) is 7.83. The maximum absolute atomic E-state index is 12.4. The first-order chi connectivity index (χ1) is 16.8. The molecule has 2 fully saturated rings. The van der Waals surface area contributed by atoms with Gasteiger partial charge >= 0.3 is 15.6 Å². The monoisotopic (exact) mass is 579 g/mol. The van der Waals surface area contributed by atoms with E-state index in [1.54, 1.807) is 6.07 Å². The highest BCUT2D eigenvalue weighted by atomic mass is 32.2. The van der Waals surface area contributed by atoms with Crippen LogP contribution in [0.1, 0.15) is 31.4 Å². The highest BCUT2D eigenvalue weighted by Gasteiger charge is 2.36. The van der Waals surface area contributed by atoms with E-state index >= 15 is 0 Å². The summed E-state index contributed by atoms with van der Waals surface area (Å²) in [6.45, 7) is -1.04. The standard InChI is InChI=1S/C17H24N5O10P2S.Al/c1-21(9-31-33(25,26)27)13-4-2-11(3-5-13)19-16-18-7-6-12(20-16)8-14-15(23)22(17(24)35-14)10-32-34(28,29)30;/h6-8,11,13H,1-5,9-10H2,(H,18,19,20)(H2,25,26,27)(H2,28,29,30);/b14-8-;. The predicted octanol–water partition coefficient (Wildman–Crippen LogP) is 0.798. The molecule has 2 radical (unpaired) electrons. The predicted molar refractivity (Wildman–Crippen MR) is 128 cm³/mol. The summed E-state index contributed by atoms with van der Waals surface area (Å²) in [6, 6.07) is 1.70. The van der Waals surface area contributed by atoms with Crippen LogP contribution in [-0.4, -0.2) is 97.7 Å². The van der Waals surface area contributed by atoms with Crippen LogP contribution < -0.4 is 5.32 Å². The zero-order valence-electron chi connectivity index (χ0n) is 18.7. The molecule has 0 atom stereocenters. The van der Waals surface area contributed by atoms with Gasteiger partial charge in [-0.15, -0.1) is 0 Å². The van der Waals surface area contributed by atoms with Gasteiger partial charge in [0, 0.05) is 18.3 Å². The first kappa shape index (κ1) is 29.4. The Hall–Kier alpha value is -1.18. The van der Waals surface area contributed by atoms with Crippen LogP contribution in [-0.2, 0) is 23.0 Å². The molecule has 1 aromatic rings. The molecule has 2 amide bonds. The Morgan fingerprint density at radius 2 is 1.83 bits per heavy atom. The summed E-state index contributed by atoms with van der Waals surface area (Å²) >= 11 is 3.13. The quantitative estimate of drug-likeness (QED) is 0.106. The first-order valence-corrected chi connectivity index (χ1v) is 15.2. The van der Waals surface area contributed by atoms with E-state index in [4.69, 9.17) is 19.6 Å². The van der Waals surface area contributed by atoms with Crippen molar-refractivity contribution in [1.82, 2.24) is 19.8 Å². The average Bonchev–Trinajstić information content (AvgIpc) is 3.05. The summed E-state index contributed by atoms with van der Waals surface area (Å²) in [5, 5.41) is 3.02. The largest absolute Gasteiger partial charge is 0.471 e. The lowest BCUT2D eigenvalue weighted by atomic mass is 9.90. The van der Waals surface area contributed by atoms with Gasteiger partial charge in [-0.2, -0.15) is 0 Å². The molecular formula is C17H24AlN5O10P2S. The first-order valence-electron chi connectivity index (χ1n) is 10.5. The molecule has 1 saturated carbocycles. The van der Waals surface area contributed by atoms with Gasteiger partial charge in [0.1, 0.15) is 29.8 Å². The number of carbonyl (C=O) groups excluding carboxylic acids is 2. The van der Waals surface area contributed by atoms with E-state index in [2.05, 4.69) is 40.6 Å². The summed E-state index contributed by atoms with van der Waals surface area (Å²) in [4.78, 5) is 70.8. The molecule has 0 unspecified atom stereocenters. The second kappa shape index (κ2) is 12.6. The number of aromatic nitrogens is 2. The molecule has 2 heterocycles. The second-order valence-corrected chi connectivity index (χ2v) is 11.7. The van der Waals surface area contributed by atoms with Crippen molar-refractivity contribution in [2.45, 2.75) is 37.8 Å². The van der Waals surface area contributed by atoms with E-state index in [0.29, 0.717) is 33.7 Å². The van der Waals surface area contributed by atoms with Gasteiger partial charge in [-0.3, -0.25) is 23.5 Å². The third-order valence-corrected chi connectivity index (χ3v) is 7.64. The molecule has 1 aromatic heterocycles. The van der Waals surface area contributed by atoms with Crippen molar-refractivity contribution in [2.24, 2.45) is 0 Å². The number of hydrogen-bond acceptors (Lipinski definition) is 11. The number of imide groups is 1. The third kappa shape index (κ3) is 8.98. The minimum absolute atomic E-state index is 0.0227. The Labute approximate surface area is 218 Å². The molecule has 1 saturated heterocycles. The summed E-state index contributed by atoms with van der Waals surface area (Å²) < 4.78 is 30.7. The Morgan fingerprint density at radius 1 is 1.17 bits per heavy atom. The van der Waals surface area contributed by atoms with E-state index in [9.17, 15) is 18.7 Å². The van der Waals surface area contributed by atoms with Crippen LogP contribution >= 0.6 is 27.4 Å². The van der Waals surface area contributed by atoms with E-state index in [-0.39, 0.29) is 23.7 Å². The van der Waals surface area contributed by atoms with Gasteiger partial charge < -0.3 is 24.9 Å². The van der Waals surface area contributed by atoms with Crippen molar-refractivity contribution in [2.75, 3.05) is 24.2 Å². The molecule has 0 aromatic carbocycles. The van der Waals surface area contributed by atoms with Crippen molar-refractivity contribution >= 4 is 66.9 Å². The van der Waals surface area contributed by atoms with Crippen LogP contribution in [0.2, 0.25) is 0 Å². The highest BCUT2D eigenvalue weighted by Crippen LogP contribution is 2.39. The number of rotatable bonds is 11. The molecule has 1 aliphatic heterocycles. The van der Waals surface area contributed by atoms with E-state index in [1.807, 2.05) is 4.90 Å². The number of amides is 2. The number of carbonyl (C=O) groups is 2. The van der Waals surface area contributed by atoms with Crippen LogP contribution in [0.25, 0.3) is 6.08 Å². The fourth-order valence-electron chi connectivity index (χ4n) is 3.63. The summed E-state index contributed by atoms with van der Waals surface area (Å²) in [5.74, 6) is -0.435.